The second kappa shape index (κ2) is 5.17. The second-order valence-corrected chi connectivity index (χ2v) is 4.99. The maximum absolute atomic E-state index is 13.0. The molecule has 0 saturated carbocycles. The third-order valence-corrected chi connectivity index (χ3v) is 3.31. The van der Waals surface area contributed by atoms with Gasteiger partial charge in [0.15, 0.2) is 0 Å². The van der Waals surface area contributed by atoms with Gasteiger partial charge in [0.1, 0.15) is 16.8 Å². The molecule has 0 aliphatic heterocycles. The van der Waals surface area contributed by atoms with E-state index >= 15 is 0 Å². The number of thiophene rings is 1. The molecule has 1 N–H and O–H groups in total. The number of benzene rings is 1. The van der Waals surface area contributed by atoms with Crippen molar-refractivity contribution in [1.29, 1.82) is 5.26 Å². The number of anilines is 1. The molecule has 2 rings (SSSR count). The van der Waals surface area contributed by atoms with E-state index in [2.05, 4.69) is 11.4 Å². The van der Waals surface area contributed by atoms with Crippen LogP contribution in [0.15, 0.2) is 30.3 Å². The van der Waals surface area contributed by atoms with Crippen LogP contribution < -0.4 is 5.32 Å². The van der Waals surface area contributed by atoms with E-state index < -0.39 is 0 Å². The standard InChI is InChI=1S/C12H8ClFN2S/c13-8-3-9(14)5-10(4-8)16-7-12-2-1-11(6-15)17-12/h1-5,16H,7H2. The SMILES string of the molecule is N#Cc1ccc(CNc2cc(F)cc(Cl)c2)s1. The number of nitriles is 1. The average molecular weight is 267 g/mol. The van der Waals surface area contributed by atoms with Crippen molar-refractivity contribution in [2.45, 2.75) is 6.54 Å². The van der Waals surface area contributed by atoms with Gasteiger partial charge in [-0.25, -0.2) is 4.39 Å². The highest BCUT2D eigenvalue weighted by molar-refractivity contribution is 7.12. The number of hydrogen-bond donors (Lipinski definition) is 1. The molecule has 0 atom stereocenters. The highest BCUT2D eigenvalue weighted by Crippen LogP contribution is 2.20. The van der Waals surface area contributed by atoms with Crippen LogP contribution in [0.4, 0.5) is 10.1 Å². The molecule has 0 fully saturated rings. The predicted octanol–water partition coefficient (Wildman–Crippen LogP) is 4.02. The van der Waals surface area contributed by atoms with E-state index in [1.165, 1.54) is 23.5 Å². The van der Waals surface area contributed by atoms with E-state index in [1.54, 1.807) is 12.1 Å². The molecule has 0 unspecified atom stereocenters. The summed E-state index contributed by atoms with van der Waals surface area (Å²) in [5.41, 5.74) is 0.627. The molecule has 0 radical (unpaired) electrons. The van der Waals surface area contributed by atoms with Crippen molar-refractivity contribution in [1.82, 2.24) is 0 Å². The monoisotopic (exact) mass is 266 g/mol. The van der Waals surface area contributed by atoms with Crippen LogP contribution in [0.2, 0.25) is 5.02 Å². The van der Waals surface area contributed by atoms with Gasteiger partial charge >= 0.3 is 0 Å². The van der Waals surface area contributed by atoms with Gasteiger partial charge in [-0.05, 0) is 30.3 Å². The summed E-state index contributed by atoms with van der Waals surface area (Å²) >= 11 is 7.15. The Bertz CT molecular complexity index is 554. The van der Waals surface area contributed by atoms with Gasteiger partial charge in [-0.15, -0.1) is 11.3 Å². The first kappa shape index (κ1) is 11.9. The van der Waals surface area contributed by atoms with Crippen LogP contribution in [0.3, 0.4) is 0 Å². The van der Waals surface area contributed by atoms with Crippen molar-refractivity contribution in [3.05, 3.63) is 50.9 Å². The lowest BCUT2D eigenvalue weighted by Crippen LogP contribution is -1.97. The maximum atomic E-state index is 13.0. The Kier molecular flexibility index (Phi) is 3.62. The van der Waals surface area contributed by atoms with E-state index in [4.69, 9.17) is 16.9 Å². The van der Waals surface area contributed by atoms with Crippen LogP contribution in [-0.4, -0.2) is 0 Å². The molecule has 2 nitrogen and oxygen atoms in total. The molecule has 1 aromatic heterocycles. The zero-order chi connectivity index (χ0) is 12.3. The van der Waals surface area contributed by atoms with Gasteiger partial charge in [-0.3, -0.25) is 0 Å². The third-order valence-electron chi connectivity index (χ3n) is 2.10. The van der Waals surface area contributed by atoms with E-state index in [0.717, 1.165) is 4.88 Å². The van der Waals surface area contributed by atoms with Gasteiger partial charge in [0, 0.05) is 22.1 Å². The average Bonchev–Trinajstić information content (AvgIpc) is 2.73. The minimum Gasteiger partial charge on any atom is -0.380 e. The lowest BCUT2D eigenvalue weighted by Gasteiger charge is -2.05. The van der Waals surface area contributed by atoms with E-state index in [0.29, 0.717) is 22.1 Å². The molecule has 1 heterocycles. The number of hydrogen-bond acceptors (Lipinski definition) is 3. The first-order valence-electron chi connectivity index (χ1n) is 4.86. The van der Waals surface area contributed by atoms with Gasteiger partial charge in [-0.1, -0.05) is 11.6 Å². The normalized spacial score (nSPS) is 9.94. The topological polar surface area (TPSA) is 35.8 Å². The van der Waals surface area contributed by atoms with Crippen LogP contribution in [0, 0.1) is 17.1 Å². The van der Waals surface area contributed by atoms with E-state index in [-0.39, 0.29) is 5.82 Å². The van der Waals surface area contributed by atoms with Gasteiger partial charge in [0.05, 0.1) is 0 Å². The Morgan fingerprint density at radius 3 is 2.82 bits per heavy atom. The smallest absolute Gasteiger partial charge is 0.126 e. The molecule has 86 valence electrons. The Morgan fingerprint density at radius 2 is 2.18 bits per heavy atom. The third kappa shape index (κ3) is 3.19. The molecule has 1 aromatic carbocycles. The fraction of sp³-hybridized carbons (Fsp3) is 0.0833. The minimum atomic E-state index is -0.371. The van der Waals surface area contributed by atoms with Crippen molar-refractivity contribution in [3.63, 3.8) is 0 Å². The highest BCUT2D eigenvalue weighted by Gasteiger charge is 2.01. The molecule has 5 heteroatoms. The van der Waals surface area contributed by atoms with Crippen LogP contribution in [0.1, 0.15) is 9.75 Å². The fourth-order valence-electron chi connectivity index (χ4n) is 1.38. The molecule has 0 aliphatic rings. The number of nitrogens with zero attached hydrogens (tertiary/aromatic N) is 1. The first-order valence-corrected chi connectivity index (χ1v) is 6.05. The molecule has 0 amide bonds. The summed E-state index contributed by atoms with van der Waals surface area (Å²) in [6, 6.07) is 10.0. The lowest BCUT2D eigenvalue weighted by atomic mass is 10.3. The van der Waals surface area contributed by atoms with Gasteiger partial charge in [0.25, 0.3) is 0 Å². The maximum Gasteiger partial charge on any atom is 0.126 e. The summed E-state index contributed by atoms with van der Waals surface area (Å²) < 4.78 is 13.0. The Balaban J connectivity index is 2.04. The molecular formula is C12H8ClFN2S. The van der Waals surface area contributed by atoms with Crippen LogP contribution in [0.5, 0.6) is 0 Å². The molecule has 0 bridgehead atoms. The van der Waals surface area contributed by atoms with E-state index in [1.807, 2.05) is 6.07 Å². The number of halogens is 2. The molecular weight excluding hydrogens is 259 g/mol. The van der Waals surface area contributed by atoms with Gasteiger partial charge < -0.3 is 5.32 Å². The molecule has 0 saturated heterocycles. The molecule has 0 aliphatic carbocycles. The van der Waals surface area contributed by atoms with E-state index in [9.17, 15) is 4.39 Å². The van der Waals surface area contributed by atoms with Crippen LogP contribution >= 0.6 is 22.9 Å². The Morgan fingerprint density at radius 1 is 1.35 bits per heavy atom. The summed E-state index contributed by atoms with van der Waals surface area (Å²) in [6.45, 7) is 0.548. The highest BCUT2D eigenvalue weighted by atomic mass is 35.5. The van der Waals surface area contributed by atoms with Crippen molar-refractivity contribution >= 4 is 28.6 Å². The summed E-state index contributed by atoms with van der Waals surface area (Å²) in [5.74, 6) is -0.371. The lowest BCUT2D eigenvalue weighted by molar-refractivity contribution is 0.628. The summed E-state index contributed by atoms with van der Waals surface area (Å²) in [5, 5.41) is 12.1. The summed E-state index contributed by atoms with van der Waals surface area (Å²) in [4.78, 5) is 1.68. The number of nitrogens with one attached hydrogen (secondary N) is 1. The fourth-order valence-corrected chi connectivity index (χ4v) is 2.34. The molecule has 17 heavy (non-hydrogen) atoms. The largest absolute Gasteiger partial charge is 0.380 e. The Labute approximate surface area is 107 Å². The summed E-state index contributed by atoms with van der Waals surface area (Å²) in [7, 11) is 0. The van der Waals surface area contributed by atoms with Crippen LogP contribution in [-0.2, 0) is 6.54 Å². The molecule has 0 spiro atoms. The first-order chi connectivity index (χ1) is 8.17. The van der Waals surface area contributed by atoms with Crippen molar-refractivity contribution in [3.8, 4) is 6.07 Å². The Hall–Kier alpha value is -1.57. The second-order valence-electron chi connectivity index (χ2n) is 3.39. The zero-order valence-corrected chi connectivity index (χ0v) is 10.3. The van der Waals surface area contributed by atoms with Crippen molar-refractivity contribution in [2.75, 3.05) is 5.32 Å². The molecule has 2 aromatic rings. The van der Waals surface area contributed by atoms with Crippen molar-refractivity contribution in [2.24, 2.45) is 0 Å². The van der Waals surface area contributed by atoms with Crippen LogP contribution in [0.25, 0.3) is 0 Å². The number of rotatable bonds is 3. The van der Waals surface area contributed by atoms with Gasteiger partial charge in [0.2, 0.25) is 0 Å². The van der Waals surface area contributed by atoms with Gasteiger partial charge in [-0.2, -0.15) is 5.26 Å². The van der Waals surface area contributed by atoms with Crippen molar-refractivity contribution < 1.29 is 4.39 Å². The minimum absolute atomic E-state index is 0.358. The quantitative estimate of drug-likeness (QED) is 0.911. The summed E-state index contributed by atoms with van der Waals surface area (Å²) in [6.07, 6.45) is 0. The predicted molar refractivity (Wildman–Crippen MR) is 67.8 cm³/mol. The zero-order valence-electron chi connectivity index (χ0n) is 8.71.